The van der Waals surface area contributed by atoms with E-state index in [4.69, 9.17) is 22.1 Å². The molecule has 1 aliphatic carbocycles. The van der Waals surface area contributed by atoms with E-state index in [-0.39, 0.29) is 29.4 Å². The lowest BCUT2D eigenvalue weighted by Gasteiger charge is -2.14. The molecule has 3 rings (SSSR count). The first kappa shape index (κ1) is 18.9. The summed E-state index contributed by atoms with van der Waals surface area (Å²) in [6.45, 7) is 0.694. The Morgan fingerprint density at radius 3 is 2.54 bits per heavy atom. The van der Waals surface area contributed by atoms with Gasteiger partial charge in [-0.2, -0.15) is 0 Å². The molecule has 1 saturated carbocycles. The Balaban J connectivity index is 0.00000208. The monoisotopic (exact) mass is 457 g/mol. The molecule has 2 aromatic carbocycles. The molecule has 24 heavy (non-hydrogen) atoms. The Morgan fingerprint density at radius 1 is 1.25 bits per heavy atom. The highest BCUT2D eigenvalue weighted by molar-refractivity contribution is 14.0. The number of halogens is 2. The number of hydrogen-bond donors (Lipinski definition) is 2. The van der Waals surface area contributed by atoms with Gasteiger partial charge < -0.3 is 15.8 Å². The fourth-order valence-corrected chi connectivity index (χ4v) is 2.91. The highest BCUT2D eigenvalue weighted by atomic mass is 127. The molecule has 0 bridgehead atoms. The third-order valence-electron chi connectivity index (χ3n) is 4.22. The predicted octanol–water partition coefficient (Wildman–Crippen LogP) is 4.43. The molecule has 0 radical (unpaired) electrons. The molecule has 0 heterocycles. The highest BCUT2D eigenvalue weighted by Crippen LogP contribution is 2.48. The van der Waals surface area contributed by atoms with Crippen LogP contribution in [0.15, 0.2) is 53.5 Å². The van der Waals surface area contributed by atoms with Gasteiger partial charge in [-0.1, -0.05) is 41.9 Å². The molecule has 0 aliphatic heterocycles. The van der Waals surface area contributed by atoms with Crippen LogP contribution >= 0.6 is 35.6 Å². The van der Waals surface area contributed by atoms with E-state index in [2.05, 4.69) is 34.6 Å². The molecule has 1 aliphatic rings. The summed E-state index contributed by atoms with van der Waals surface area (Å²) in [5.74, 6) is 1.03. The van der Waals surface area contributed by atoms with Crippen molar-refractivity contribution in [1.82, 2.24) is 0 Å². The number of nitrogens with two attached hydrogens (primary N) is 1. The topological polar surface area (TPSA) is 59.6 Å². The second-order valence-electron chi connectivity index (χ2n) is 5.82. The van der Waals surface area contributed by atoms with Crippen LogP contribution in [0.1, 0.15) is 18.4 Å². The normalized spacial score (nSPS) is 15.3. The molecule has 0 unspecified atom stereocenters. The van der Waals surface area contributed by atoms with Crippen LogP contribution in [-0.2, 0) is 5.41 Å². The first-order valence-electron chi connectivity index (χ1n) is 7.59. The summed E-state index contributed by atoms with van der Waals surface area (Å²) in [6.07, 6.45) is 2.31. The Kier molecular flexibility index (Phi) is 6.34. The molecule has 4 nitrogen and oxygen atoms in total. The van der Waals surface area contributed by atoms with Crippen LogP contribution in [0.2, 0.25) is 5.02 Å². The van der Waals surface area contributed by atoms with Gasteiger partial charge in [-0.15, -0.1) is 24.0 Å². The van der Waals surface area contributed by atoms with Gasteiger partial charge in [0.1, 0.15) is 5.75 Å². The quantitative estimate of drug-likeness (QED) is 0.397. The van der Waals surface area contributed by atoms with Gasteiger partial charge >= 0.3 is 0 Å². The van der Waals surface area contributed by atoms with Crippen molar-refractivity contribution in [2.24, 2.45) is 10.7 Å². The van der Waals surface area contributed by atoms with Crippen molar-refractivity contribution >= 4 is 47.2 Å². The van der Waals surface area contributed by atoms with E-state index in [1.165, 1.54) is 5.56 Å². The van der Waals surface area contributed by atoms with Crippen LogP contribution in [0.25, 0.3) is 0 Å². The zero-order valence-corrected chi connectivity index (χ0v) is 16.5. The molecular formula is C18H21ClIN3O. The summed E-state index contributed by atoms with van der Waals surface area (Å²) in [4.78, 5) is 4.51. The third kappa shape index (κ3) is 4.33. The second-order valence-corrected chi connectivity index (χ2v) is 6.23. The summed E-state index contributed by atoms with van der Waals surface area (Å²) in [7, 11) is 1.59. The van der Waals surface area contributed by atoms with E-state index in [1.807, 2.05) is 12.1 Å². The van der Waals surface area contributed by atoms with E-state index in [1.54, 1.807) is 19.2 Å². The fourth-order valence-electron chi connectivity index (χ4n) is 2.65. The molecule has 1 fully saturated rings. The van der Waals surface area contributed by atoms with Crippen LogP contribution in [0, 0.1) is 0 Å². The molecule has 0 amide bonds. The number of anilines is 1. The number of nitrogens with one attached hydrogen (secondary N) is 1. The Morgan fingerprint density at radius 2 is 1.96 bits per heavy atom. The molecule has 3 N–H and O–H groups in total. The summed E-state index contributed by atoms with van der Waals surface area (Å²) < 4.78 is 5.13. The standard InChI is InChI=1S/C18H20ClN3O.HI/c1-23-16-8-7-14(11-15(16)19)22-17(20)21-12-18(9-10-18)13-5-3-2-4-6-13;/h2-8,11H,9-10,12H2,1H3,(H3,20,21,22);1H. The summed E-state index contributed by atoms with van der Waals surface area (Å²) in [5.41, 5.74) is 8.29. The van der Waals surface area contributed by atoms with E-state index in [0.717, 1.165) is 18.5 Å². The Labute approximate surface area is 164 Å². The number of rotatable bonds is 5. The van der Waals surface area contributed by atoms with Crippen molar-refractivity contribution < 1.29 is 4.74 Å². The maximum absolute atomic E-state index is 6.11. The van der Waals surface area contributed by atoms with Crippen LogP contribution < -0.4 is 15.8 Å². The molecule has 2 aromatic rings. The summed E-state index contributed by atoms with van der Waals surface area (Å²) in [6, 6.07) is 15.9. The molecular weight excluding hydrogens is 437 g/mol. The average Bonchev–Trinajstić information content (AvgIpc) is 3.35. The third-order valence-corrected chi connectivity index (χ3v) is 4.51. The van der Waals surface area contributed by atoms with Gasteiger partial charge in [0, 0.05) is 11.1 Å². The average molecular weight is 458 g/mol. The minimum Gasteiger partial charge on any atom is -0.495 e. The minimum absolute atomic E-state index is 0. The number of guanidine groups is 1. The van der Waals surface area contributed by atoms with Crippen LogP contribution in [0.3, 0.4) is 0 Å². The SMILES string of the molecule is COc1ccc(NC(N)=NCC2(c3ccccc3)CC2)cc1Cl.I. The highest BCUT2D eigenvalue weighted by Gasteiger charge is 2.43. The van der Waals surface area contributed by atoms with Crippen LogP contribution in [-0.4, -0.2) is 19.6 Å². The van der Waals surface area contributed by atoms with E-state index in [9.17, 15) is 0 Å². The number of methoxy groups -OCH3 is 1. The number of ether oxygens (including phenoxy) is 1. The van der Waals surface area contributed by atoms with Crippen molar-refractivity contribution in [2.45, 2.75) is 18.3 Å². The first-order chi connectivity index (χ1) is 11.1. The van der Waals surface area contributed by atoms with Gasteiger partial charge in [-0.25, -0.2) is 0 Å². The number of aliphatic imine (C=N–C) groups is 1. The fraction of sp³-hybridized carbons (Fsp3) is 0.278. The van der Waals surface area contributed by atoms with Gasteiger partial charge in [0.2, 0.25) is 0 Å². The zero-order valence-electron chi connectivity index (χ0n) is 13.5. The molecule has 0 aromatic heterocycles. The van der Waals surface area contributed by atoms with Crippen LogP contribution in [0.5, 0.6) is 5.75 Å². The van der Waals surface area contributed by atoms with Crippen molar-refractivity contribution in [3.8, 4) is 5.75 Å². The Bertz CT molecular complexity index is 717. The lowest BCUT2D eigenvalue weighted by molar-refractivity contribution is 0.415. The lowest BCUT2D eigenvalue weighted by Crippen LogP contribution is -2.24. The van der Waals surface area contributed by atoms with Crippen molar-refractivity contribution in [3.63, 3.8) is 0 Å². The van der Waals surface area contributed by atoms with Gasteiger partial charge in [0.05, 0.1) is 18.7 Å². The van der Waals surface area contributed by atoms with E-state index >= 15 is 0 Å². The van der Waals surface area contributed by atoms with E-state index in [0.29, 0.717) is 23.3 Å². The predicted molar refractivity (Wildman–Crippen MR) is 111 cm³/mol. The zero-order chi connectivity index (χ0) is 16.3. The van der Waals surface area contributed by atoms with Crippen LogP contribution in [0.4, 0.5) is 5.69 Å². The number of benzene rings is 2. The van der Waals surface area contributed by atoms with Crippen molar-refractivity contribution in [1.29, 1.82) is 0 Å². The summed E-state index contributed by atoms with van der Waals surface area (Å²) in [5, 5.41) is 3.61. The van der Waals surface area contributed by atoms with Gasteiger partial charge in [0.25, 0.3) is 0 Å². The largest absolute Gasteiger partial charge is 0.495 e. The van der Waals surface area contributed by atoms with Gasteiger partial charge in [0.15, 0.2) is 5.96 Å². The van der Waals surface area contributed by atoms with Gasteiger partial charge in [-0.05, 0) is 36.6 Å². The molecule has 128 valence electrons. The molecule has 0 spiro atoms. The molecule has 0 atom stereocenters. The lowest BCUT2D eigenvalue weighted by atomic mass is 9.96. The number of nitrogens with zero attached hydrogens (tertiary/aromatic N) is 1. The van der Waals surface area contributed by atoms with E-state index < -0.39 is 0 Å². The van der Waals surface area contributed by atoms with Crippen molar-refractivity contribution in [3.05, 3.63) is 59.1 Å². The first-order valence-corrected chi connectivity index (χ1v) is 7.97. The Hall–Kier alpha value is -1.47. The summed E-state index contributed by atoms with van der Waals surface area (Å²) >= 11 is 6.11. The molecule has 6 heteroatoms. The maximum atomic E-state index is 6.11. The maximum Gasteiger partial charge on any atom is 0.193 e. The second kappa shape index (κ2) is 8.07. The van der Waals surface area contributed by atoms with Gasteiger partial charge in [-0.3, -0.25) is 4.99 Å². The number of hydrogen-bond acceptors (Lipinski definition) is 2. The molecule has 0 saturated heterocycles. The smallest absolute Gasteiger partial charge is 0.193 e. The van der Waals surface area contributed by atoms with Crippen molar-refractivity contribution in [2.75, 3.05) is 19.0 Å². The minimum atomic E-state index is 0.